The normalized spacial score (nSPS) is 11.0. The molecule has 0 atom stereocenters. The number of amides is 1. The molecule has 0 aliphatic rings. The van der Waals surface area contributed by atoms with Crippen LogP contribution in [0, 0.1) is 0 Å². The van der Waals surface area contributed by atoms with E-state index in [2.05, 4.69) is 41.5 Å². The molecule has 5 nitrogen and oxygen atoms in total. The second-order valence-corrected chi connectivity index (χ2v) is 7.00. The second-order valence-electron chi connectivity index (χ2n) is 6.15. The number of rotatable bonds is 5. The molecular weight excluding hydrogens is 373 g/mol. The van der Waals surface area contributed by atoms with Crippen LogP contribution < -0.4 is 5.32 Å². The van der Waals surface area contributed by atoms with Crippen LogP contribution in [0.4, 0.5) is 6.01 Å². The van der Waals surface area contributed by atoms with Crippen LogP contribution in [0.2, 0.25) is 10.0 Å². The first-order chi connectivity index (χ1) is 12.4. The minimum absolute atomic E-state index is 0.0137. The Bertz CT molecular complexity index is 921. The van der Waals surface area contributed by atoms with Crippen LogP contribution in [0.3, 0.4) is 0 Å². The minimum Gasteiger partial charge on any atom is -0.407 e. The molecule has 0 saturated carbocycles. The number of benzene rings is 2. The van der Waals surface area contributed by atoms with Crippen LogP contribution >= 0.6 is 23.2 Å². The zero-order chi connectivity index (χ0) is 18.7. The van der Waals surface area contributed by atoms with E-state index in [0.29, 0.717) is 23.3 Å². The number of carbonyl (C=O) groups is 1. The Kier molecular flexibility index (Phi) is 5.59. The maximum atomic E-state index is 12.3. The molecule has 0 radical (unpaired) electrons. The van der Waals surface area contributed by atoms with Gasteiger partial charge in [0.1, 0.15) is 0 Å². The Morgan fingerprint density at radius 2 is 1.85 bits per heavy atom. The summed E-state index contributed by atoms with van der Waals surface area (Å²) in [5.41, 5.74) is 2.56. The summed E-state index contributed by atoms with van der Waals surface area (Å²) in [5.74, 6) is 0.427. The van der Waals surface area contributed by atoms with Crippen molar-refractivity contribution in [2.75, 3.05) is 5.32 Å². The van der Waals surface area contributed by atoms with Gasteiger partial charge in [-0.2, -0.15) is 0 Å². The Hall–Kier alpha value is -2.37. The standard InChI is InChI=1S/C19H17Cl2N3O2/c1-11(2)13-5-3-12(4-6-13)9-17-23-24-19(26-17)22-18(25)15-10-14(20)7-8-16(15)21/h3-8,10-11H,9H2,1-2H3,(H,22,24,25). The molecule has 1 aromatic heterocycles. The monoisotopic (exact) mass is 389 g/mol. The second kappa shape index (κ2) is 7.89. The fraction of sp³-hybridized carbons (Fsp3) is 0.211. The summed E-state index contributed by atoms with van der Waals surface area (Å²) < 4.78 is 5.50. The molecule has 0 unspecified atom stereocenters. The highest BCUT2D eigenvalue weighted by Crippen LogP contribution is 2.22. The molecule has 0 bridgehead atoms. The van der Waals surface area contributed by atoms with E-state index in [9.17, 15) is 4.79 Å². The highest BCUT2D eigenvalue weighted by molar-refractivity contribution is 6.36. The molecule has 1 N–H and O–H groups in total. The lowest BCUT2D eigenvalue weighted by Gasteiger charge is -2.05. The third kappa shape index (κ3) is 4.42. The topological polar surface area (TPSA) is 68.0 Å². The largest absolute Gasteiger partial charge is 0.407 e. The van der Waals surface area contributed by atoms with Crippen molar-refractivity contribution in [1.29, 1.82) is 0 Å². The van der Waals surface area contributed by atoms with Gasteiger partial charge in [-0.1, -0.05) is 66.4 Å². The number of nitrogens with zero attached hydrogens (tertiary/aromatic N) is 2. The van der Waals surface area contributed by atoms with Crippen molar-refractivity contribution in [2.24, 2.45) is 0 Å². The molecule has 0 aliphatic carbocycles. The molecule has 0 aliphatic heterocycles. The van der Waals surface area contributed by atoms with Crippen LogP contribution in [0.5, 0.6) is 0 Å². The van der Waals surface area contributed by atoms with E-state index in [1.165, 1.54) is 11.6 Å². The number of aromatic nitrogens is 2. The fourth-order valence-electron chi connectivity index (χ4n) is 2.41. The van der Waals surface area contributed by atoms with Gasteiger partial charge in [-0.25, -0.2) is 0 Å². The highest BCUT2D eigenvalue weighted by Gasteiger charge is 2.15. The van der Waals surface area contributed by atoms with Crippen LogP contribution in [0.1, 0.15) is 47.1 Å². The molecule has 3 aromatic rings. The summed E-state index contributed by atoms with van der Waals surface area (Å²) in [4.78, 5) is 12.3. The van der Waals surface area contributed by atoms with Gasteiger partial charge in [-0.3, -0.25) is 10.1 Å². The third-order valence-corrected chi connectivity index (χ3v) is 4.43. The van der Waals surface area contributed by atoms with Crippen molar-refractivity contribution in [3.63, 3.8) is 0 Å². The molecule has 7 heteroatoms. The molecule has 1 amide bonds. The van der Waals surface area contributed by atoms with Gasteiger partial charge in [-0.05, 0) is 35.2 Å². The number of halogens is 2. The van der Waals surface area contributed by atoms with Crippen molar-refractivity contribution in [3.8, 4) is 0 Å². The van der Waals surface area contributed by atoms with E-state index in [1.54, 1.807) is 12.1 Å². The van der Waals surface area contributed by atoms with Crippen LogP contribution in [-0.4, -0.2) is 16.1 Å². The zero-order valence-electron chi connectivity index (χ0n) is 14.3. The number of hydrogen-bond acceptors (Lipinski definition) is 4. The number of carbonyl (C=O) groups excluding carboxylic acids is 1. The van der Waals surface area contributed by atoms with Gasteiger partial charge in [0.15, 0.2) is 0 Å². The third-order valence-electron chi connectivity index (χ3n) is 3.86. The van der Waals surface area contributed by atoms with Gasteiger partial charge in [0, 0.05) is 5.02 Å². The van der Waals surface area contributed by atoms with Crippen LogP contribution in [0.15, 0.2) is 46.9 Å². The zero-order valence-corrected chi connectivity index (χ0v) is 15.8. The maximum Gasteiger partial charge on any atom is 0.322 e. The number of hydrogen-bond donors (Lipinski definition) is 1. The summed E-state index contributed by atoms with van der Waals surface area (Å²) in [7, 11) is 0. The molecule has 0 spiro atoms. The van der Waals surface area contributed by atoms with Gasteiger partial charge in [-0.15, -0.1) is 5.10 Å². The predicted octanol–water partition coefficient (Wildman–Crippen LogP) is 5.34. The Balaban J connectivity index is 1.68. The van der Waals surface area contributed by atoms with Gasteiger partial charge in [0.05, 0.1) is 17.0 Å². The minimum atomic E-state index is -0.464. The van der Waals surface area contributed by atoms with Gasteiger partial charge in [0.2, 0.25) is 5.89 Å². The van der Waals surface area contributed by atoms with Crippen molar-refractivity contribution in [2.45, 2.75) is 26.2 Å². The predicted molar refractivity (Wildman–Crippen MR) is 102 cm³/mol. The van der Waals surface area contributed by atoms with E-state index in [0.717, 1.165) is 5.56 Å². The summed E-state index contributed by atoms with van der Waals surface area (Å²) in [5, 5.41) is 11.1. The van der Waals surface area contributed by atoms with E-state index >= 15 is 0 Å². The van der Waals surface area contributed by atoms with Gasteiger partial charge >= 0.3 is 6.01 Å². The van der Waals surface area contributed by atoms with Crippen molar-refractivity contribution in [1.82, 2.24) is 10.2 Å². The first kappa shape index (κ1) is 18.4. The lowest BCUT2D eigenvalue weighted by Crippen LogP contribution is -2.12. The lowest BCUT2D eigenvalue weighted by atomic mass is 10.0. The molecule has 2 aromatic carbocycles. The fourth-order valence-corrected chi connectivity index (χ4v) is 2.78. The van der Waals surface area contributed by atoms with E-state index < -0.39 is 5.91 Å². The van der Waals surface area contributed by atoms with E-state index in [-0.39, 0.29) is 16.6 Å². The average molecular weight is 390 g/mol. The van der Waals surface area contributed by atoms with E-state index in [1.807, 2.05) is 12.1 Å². The quantitative estimate of drug-likeness (QED) is 0.638. The summed E-state index contributed by atoms with van der Waals surface area (Å²) >= 11 is 11.9. The summed E-state index contributed by atoms with van der Waals surface area (Å²) in [6, 6.07) is 12.9. The first-order valence-corrected chi connectivity index (χ1v) is 8.85. The molecule has 3 rings (SSSR count). The Labute approximate surface area is 161 Å². The van der Waals surface area contributed by atoms with E-state index in [4.69, 9.17) is 27.6 Å². The molecular formula is C19H17Cl2N3O2. The van der Waals surface area contributed by atoms with Crippen molar-refractivity contribution in [3.05, 3.63) is 75.1 Å². The molecule has 26 heavy (non-hydrogen) atoms. The number of nitrogens with one attached hydrogen (secondary N) is 1. The molecule has 0 saturated heterocycles. The molecule has 0 fully saturated rings. The maximum absolute atomic E-state index is 12.3. The first-order valence-electron chi connectivity index (χ1n) is 8.10. The molecule has 1 heterocycles. The summed E-state index contributed by atoms with van der Waals surface area (Å²) in [6.07, 6.45) is 0.485. The van der Waals surface area contributed by atoms with Gasteiger partial charge < -0.3 is 4.42 Å². The van der Waals surface area contributed by atoms with Crippen LogP contribution in [0.25, 0.3) is 0 Å². The SMILES string of the molecule is CC(C)c1ccc(Cc2nnc(NC(=O)c3cc(Cl)ccc3Cl)o2)cc1. The Morgan fingerprint density at radius 1 is 1.12 bits per heavy atom. The van der Waals surface area contributed by atoms with Crippen LogP contribution in [-0.2, 0) is 6.42 Å². The number of anilines is 1. The van der Waals surface area contributed by atoms with Crippen molar-refractivity contribution < 1.29 is 9.21 Å². The molecule has 134 valence electrons. The highest BCUT2D eigenvalue weighted by atomic mass is 35.5. The average Bonchev–Trinajstić information content (AvgIpc) is 3.04. The van der Waals surface area contributed by atoms with Crippen molar-refractivity contribution >= 4 is 35.1 Å². The lowest BCUT2D eigenvalue weighted by molar-refractivity contribution is 0.102. The van der Waals surface area contributed by atoms with Gasteiger partial charge in [0.25, 0.3) is 5.91 Å². The summed E-state index contributed by atoms with van der Waals surface area (Å²) in [6.45, 7) is 4.29. The Morgan fingerprint density at radius 3 is 2.54 bits per heavy atom. The smallest absolute Gasteiger partial charge is 0.322 e.